The van der Waals surface area contributed by atoms with Crippen molar-refractivity contribution in [1.29, 1.82) is 0 Å². The van der Waals surface area contributed by atoms with Crippen LogP contribution >= 0.6 is 11.6 Å². The Morgan fingerprint density at radius 1 is 1.31 bits per heavy atom. The molecule has 0 saturated heterocycles. The van der Waals surface area contributed by atoms with Crippen LogP contribution in [0.2, 0.25) is 5.02 Å². The largest absolute Gasteiger partial charge is 0.449 e. The number of hydrogen-bond acceptors (Lipinski definition) is 5. The molecular weight excluding hydrogens is 367 g/mol. The quantitative estimate of drug-likeness (QED) is 0.482. The highest BCUT2D eigenvalue weighted by molar-refractivity contribution is 6.33. The maximum absolute atomic E-state index is 13.0. The van der Waals surface area contributed by atoms with Crippen LogP contribution in [-0.4, -0.2) is 22.9 Å². The molecule has 0 aliphatic heterocycles. The molecule has 0 spiro atoms. The molecule has 2 aromatic rings. The first-order valence-corrected chi connectivity index (χ1v) is 7.79. The van der Waals surface area contributed by atoms with Gasteiger partial charge in [0.05, 0.1) is 21.2 Å². The van der Waals surface area contributed by atoms with Gasteiger partial charge in [-0.1, -0.05) is 17.7 Å². The van der Waals surface area contributed by atoms with Crippen LogP contribution in [0.3, 0.4) is 0 Å². The van der Waals surface area contributed by atoms with E-state index in [1.807, 2.05) is 0 Å². The highest BCUT2D eigenvalue weighted by atomic mass is 35.5. The summed E-state index contributed by atoms with van der Waals surface area (Å²) in [6, 6.07) is 7.40. The number of nitro benzene ring substituents is 1. The highest BCUT2D eigenvalue weighted by Crippen LogP contribution is 2.24. The Morgan fingerprint density at radius 2 is 2.00 bits per heavy atom. The second-order valence-corrected chi connectivity index (χ2v) is 5.77. The Balaban J connectivity index is 2.10. The molecule has 1 amide bonds. The van der Waals surface area contributed by atoms with Gasteiger partial charge in [0.25, 0.3) is 11.6 Å². The van der Waals surface area contributed by atoms with Gasteiger partial charge in [-0.25, -0.2) is 9.18 Å². The fraction of sp³-hybridized carbons (Fsp3) is 0.176. The van der Waals surface area contributed by atoms with E-state index in [0.29, 0.717) is 0 Å². The number of nitrogens with one attached hydrogen (secondary N) is 1. The smallest absolute Gasteiger partial charge is 0.339 e. The van der Waals surface area contributed by atoms with Crippen LogP contribution in [0.15, 0.2) is 36.4 Å². The minimum Gasteiger partial charge on any atom is -0.449 e. The minimum absolute atomic E-state index is 0.00796. The van der Waals surface area contributed by atoms with E-state index in [0.717, 1.165) is 12.1 Å². The maximum Gasteiger partial charge on any atom is 0.339 e. The molecule has 0 saturated carbocycles. The van der Waals surface area contributed by atoms with Crippen molar-refractivity contribution in [2.24, 2.45) is 0 Å². The number of halogens is 2. The summed E-state index contributed by atoms with van der Waals surface area (Å²) in [4.78, 5) is 34.7. The van der Waals surface area contributed by atoms with Crippen molar-refractivity contribution in [3.05, 3.63) is 68.5 Å². The van der Waals surface area contributed by atoms with Crippen molar-refractivity contribution >= 4 is 34.9 Å². The van der Waals surface area contributed by atoms with Crippen molar-refractivity contribution in [1.82, 2.24) is 0 Å². The number of amides is 1. The molecule has 0 bridgehead atoms. The lowest BCUT2D eigenvalue weighted by Crippen LogP contribution is -2.30. The number of nitrogens with zero attached hydrogens (tertiary/aromatic N) is 1. The summed E-state index contributed by atoms with van der Waals surface area (Å²) in [7, 11) is 0. The highest BCUT2D eigenvalue weighted by Gasteiger charge is 2.23. The molecule has 7 nitrogen and oxygen atoms in total. The number of benzene rings is 2. The summed E-state index contributed by atoms with van der Waals surface area (Å²) in [6.45, 7) is 2.75. The second kappa shape index (κ2) is 7.92. The first-order valence-electron chi connectivity index (χ1n) is 7.41. The molecule has 2 aromatic carbocycles. The average molecular weight is 381 g/mol. The number of hydrogen-bond donors (Lipinski definition) is 1. The van der Waals surface area contributed by atoms with Gasteiger partial charge in [0, 0.05) is 11.6 Å². The second-order valence-electron chi connectivity index (χ2n) is 5.37. The molecule has 9 heteroatoms. The predicted octanol–water partition coefficient (Wildman–Crippen LogP) is 3.88. The van der Waals surface area contributed by atoms with Gasteiger partial charge in [-0.3, -0.25) is 14.9 Å². The van der Waals surface area contributed by atoms with E-state index < -0.39 is 28.7 Å². The lowest BCUT2D eigenvalue weighted by atomic mass is 10.1. The van der Waals surface area contributed by atoms with Gasteiger partial charge in [-0.05, 0) is 38.1 Å². The van der Waals surface area contributed by atoms with Crippen LogP contribution in [0, 0.1) is 22.9 Å². The van der Waals surface area contributed by atoms with Crippen molar-refractivity contribution < 1.29 is 23.6 Å². The third-order valence-corrected chi connectivity index (χ3v) is 3.88. The normalized spacial score (nSPS) is 11.5. The molecule has 1 atom stereocenters. The van der Waals surface area contributed by atoms with Gasteiger partial charge in [0.1, 0.15) is 5.82 Å². The van der Waals surface area contributed by atoms with Gasteiger partial charge in [0.15, 0.2) is 6.10 Å². The zero-order valence-electron chi connectivity index (χ0n) is 13.8. The summed E-state index contributed by atoms with van der Waals surface area (Å²) in [5.41, 5.74) is 0.0532. The fourth-order valence-corrected chi connectivity index (χ4v) is 2.36. The third kappa shape index (κ3) is 4.34. The Labute approximate surface area is 152 Å². The Hall–Kier alpha value is -3.00. The number of ether oxygens (including phenoxy) is 1. The van der Waals surface area contributed by atoms with E-state index in [4.69, 9.17) is 16.3 Å². The van der Waals surface area contributed by atoms with E-state index >= 15 is 0 Å². The molecule has 26 heavy (non-hydrogen) atoms. The molecule has 1 N–H and O–H groups in total. The van der Waals surface area contributed by atoms with Gasteiger partial charge in [-0.2, -0.15) is 0 Å². The molecule has 0 aromatic heterocycles. The van der Waals surface area contributed by atoms with E-state index in [-0.39, 0.29) is 27.5 Å². The summed E-state index contributed by atoms with van der Waals surface area (Å²) in [5, 5.41) is 13.3. The van der Waals surface area contributed by atoms with Crippen molar-refractivity contribution in [2.45, 2.75) is 20.0 Å². The molecule has 0 radical (unpaired) electrons. The van der Waals surface area contributed by atoms with E-state index in [2.05, 4.69) is 5.32 Å². The number of anilines is 1. The molecule has 136 valence electrons. The van der Waals surface area contributed by atoms with Crippen molar-refractivity contribution in [3.8, 4) is 0 Å². The maximum atomic E-state index is 13.0. The third-order valence-electron chi connectivity index (χ3n) is 3.56. The number of carbonyl (C=O) groups excluding carboxylic acids is 2. The van der Waals surface area contributed by atoms with E-state index in [1.54, 1.807) is 0 Å². The molecule has 0 fully saturated rings. The number of esters is 1. The monoisotopic (exact) mass is 380 g/mol. The lowest BCUT2D eigenvalue weighted by Gasteiger charge is -2.15. The number of rotatable bonds is 5. The van der Waals surface area contributed by atoms with Crippen LogP contribution in [0.4, 0.5) is 15.8 Å². The zero-order valence-corrected chi connectivity index (χ0v) is 14.5. The topological polar surface area (TPSA) is 98.5 Å². The number of carbonyl (C=O) groups is 2. The van der Waals surface area contributed by atoms with Crippen LogP contribution in [0.25, 0.3) is 0 Å². The van der Waals surface area contributed by atoms with Gasteiger partial charge in [0.2, 0.25) is 0 Å². The van der Waals surface area contributed by atoms with Crippen LogP contribution < -0.4 is 5.32 Å². The van der Waals surface area contributed by atoms with Crippen LogP contribution in [0.5, 0.6) is 0 Å². The van der Waals surface area contributed by atoms with E-state index in [9.17, 15) is 24.1 Å². The van der Waals surface area contributed by atoms with Gasteiger partial charge >= 0.3 is 5.97 Å². The Morgan fingerprint density at radius 3 is 2.62 bits per heavy atom. The Bertz CT molecular complexity index is 887. The average Bonchev–Trinajstić information content (AvgIpc) is 2.57. The fourth-order valence-electron chi connectivity index (χ4n) is 2.15. The number of nitro groups is 1. The first-order chi connectivity index (χ1) is 12.2. The molecular formula is C17H14ClFN2O5. The van der Waals surface area contributed by atoms with Crippen LogP contribution in [-0.2, 0) is 9.53 Å². The zero-order chi connectivity index (χ0) is 19.4. The summed E-state index contributed by atoms with van der Waals surface area (Å²) in [6.07, 6.45) is -1.21. The molecule has 0 aliphatic carbocycles. The summed E-state index contributed by atoms with van der Waals surface area (Å²) < 4.78 is 18.1. The SMILES string of the molecule is Cc1c(C(=O)O[C@H](C)C(=O)Nc2ccc(F)cc2Cl)cccc1[N+](=O)[O-]. The molecule has 0 unspecified atom stereocenters. The standard InChI is InChI=1S/C17H14ClFN2O5/c1-9-12(4-3-5-15(9)21(24)25)17(23)26-10(2)16(22)20-14-7-6-11(19)8-13(14)18/h3-8,10H,1-2H3,(H,20,22)/t10-/m1/s1. The predicted molar refractivity (Wildman–Crippen MR) is 92.8 cm³/mol. The lowest BCUT2D eigenvalue weighted by molar-refractivity contribution is -0.385. The van der Waals surface area contributed by atoms with Gasteiger partial charge < -0.3 is 10.1 Å². The molecule has 2 rings (SSSR count). The van der Waals surface area contributed by atoms with Crippen molar-refractivity contribution in [3.63, 3.8) is 0 Å². The van der Waals surface area contributed by atoms with Gasteiger partial charge in [-0.15, -0.1) is 0 Å². The first kappa shape index (κ1) is 19.3. The summed E-state index contributed by atoms with van der Waals surface area (Å²) >= 11 is 5.82. The van der Waals surface area contributed by atoms with E-state index in [1.165, 1.54) is 38.1 Å². The summed E-state index contributed by atoms with van der Waals surface area (Å²) in [5.74, 6) is -2.12. The minimum atomic E-state index is -1.21. The Kier molecular flexibility index (Phi) is 5.89. The molecule has 0 aliphatic rings. The molecule has 0 heterocycles. The van der Waals surface area contributed by atoms with Crippen LogP contribution in [0.1, 0.15) is 22.8 Å². The van der Waals surface area contributed by atoms with Crippen molar-refractivity contribution in [2.75, 3.05) is 5.32 Å².